The van der Waals surface area contributed by atoms with E-state index in [1.807, 2.05) is 48.5 Å². The van der Waals surface area contributed by atoms with Gasteiger partial charge in [-0.15, -0.1) is 0 Å². The highest BCUT2D eigenvalue weighted by Gasteiger charge is 2.11. The molecule has 0 saturated heterocycles. The number of carbonyl (C=O) groups is 1. The van der Waals surface area contributed by atoms with Gasteiger partial charge in [0.15, 0.2) is 0 Å². The zero-order valence-corrected chi connectivity index (χ0v) is 19.3. The minimum atomic E-state index is -0.448. The summed E-state index contributed by atoms with van der Waals surface area (Å²) in [6.07, 6.45) is 1.39. The largest absolute Gasteiger partial charge is 0.489 e. The molecule has 1 heterocycles. The van der Waals surface area contributed by atoms with E-state index in [-0.39, 0.29) is 5.69 Å². The molecular weight excluding hydrogens is 483 g/mol. The van der Waals surface area contributed by atoms with Crippen LogP contribution in [0.3, 0.4) is 0 Å². The van der Waals surface area contributed by atoms with Crippen LogP contribution >= 0.6 is 34.8 Å². The predicted molar refractivity (Wildman–Crippen MR) is 131 cm³/mol. The lowest BCUT2D eigenvalue weighted by molar-refractivity contribution is 0.0950. The number of nitrogens with one attached hydrogen (secondary N) is 2. The van der Waals surface area contributed by atoms with Crippen molar-refractivity contribution >= 4 is 46.9 Å². The molecule has 6 nitrogen and oxygen atoms in total. The molecule has 1 aromatic heterocycles. The van der Waals surface area contributed by atoms with Crippen molar-refractivity contribution in [2.75, 3.05) is 0 Å². The van der Waals surface area contributed by atoms with Crippen molar-refractivity contribution in [1.29, 1.82) is 0 Å². The summed E-state index contributed by atoms with van der Waals surface area (Å²) in [5.41, 5.74) is 5.67. The fourth-order valence-electron chi connectivity index (χ4n) is 2.90. The van der Waals surface area contributed by atoms with Crippen LogP contribution in [0.1, 0.15) is 21.6 Å². The first-order chi connectivity index (χ1) is 16.0. The van der Waals surface area contributed by atoms with Crippen LogP contribution in [-0.4, -0.2) is 22.3 Å². The summed E-state index contributed by atoms with van der Waals surface area (Å²) in [5, 5.41) is 12.4. The van der Waals surface area contributed by atoms with Gasteiger partial charge in [0.25, 0.3) is 5.91 Å². The third-order valence-electron chi connectivity index (χ3n) is 4.65. The zero-order valence-electron chi connectivity index (χ0n) is 17.1. The van der Waals surface area contributed by atoms with Crippen LogP contribution in [-0.2, 0) is 6.61 Å². The molecule has 0 spiro atoms. The van der Waals surface area contributed by atoms with E-state index in [9.17, 15) is 4.79 Å². The third kappa shape index (κ3) is 5.93. The number of hydrogen-bond donors (Lipinski definition) is 2. The smallest absolute Gasteiger partial charge is 0.289 e. The van der Waals surface area contributed by atoms with Gasteiger partial charge >= 0.3 is 0 Å². The fourth-order valence-corrected chi connectivity index (χ4v) is 3.53. The number of carbonyl (C=O) groups excluding carboxylic acids is 1. The molecule has 4 aromatic rings. The lowest BCUT2D eigenvalue weighted by Gasteiger charge is -2.07. The second-order valence-electron chi connectivity index (χ2n) is 6.94. The molecule has 0 aliphatic heterocycles. The summed E-state index contributed by atoms with van der Waals surface area (Å²) in [4.78, 5) is 12.4. The molecule has 0 fully saturated rings. The van der Waals surface area contributed by atoms with Gasteiger partial charge in [0.1, 0.15) is 18.1 Å². The number of amides is 1. The maximum absolute atomic E-state index is 12.4. The van der Waals surface area contributed by atoms with Crippen molar-refractivity contribution < 1.29 is 9.53 Å². The summed E-state index contributed by atoms with van der Waals surface area (Å²) < 4.78 is 5.79. The van der Waals surface area contributed by atoms with E-state index in [0.29, 0.717) is 32.9 Å². The van der Waals surface area contributed by atoms with Crippen molar-refractivity contribution in [3.63, 3.8) is 0 Å². The molecule has 4 rings (SSSR count). The number of rotatable bonds is 7. The highest BCUT2D eigenvalue weighted by atomic mass is 35.5. The van der Waals surface area contributed by atoms with E-state index in [1.165, 1.54) is 6.21 Å². The van der Waals surface area contributed by atoms with E-state index < -0.39 is 5.91 Å². The topological polar surface area (TPSA) is 79.4 Å². The van der Waals surface area contributed by atoms with Gasteiger partial charge in [0.2, 0.25) is 0 Å². The second kappa shape index (κ2) is 10.5. The van der Waals surface area contributed by atoms with Gasteiger partial charge in [-0.3, -0.25) is 9.89 Å². The normalized spacial score (nSPS) is 11.0. The molecule has 0 aliphatic rings. The minimum absolute atomic E-state index is 0.260. The number of H-pyrrole nitrogens is 1. The first kappa shape index (κ1) is 22.9. The summed E-state index contributed by atoms with van der Waals surface area (Å²) in [7, 11) is 0. The number of ether oxygens (including phenoxy) is 1. The van der Waals surface area contributed by atoms with E-state index >= 15 is 0 Å². The van der Waals surface area contributed by atoms with Gasteiger partial charge in [-0.1, -0.05) is 53.0 Å². The van der Waals surface area contributed by atoms with Crippen molar-refractivity contribution in [2.45, 2.75) is 6.61 Å². The van der Waals surface area contributed by atoms with Crippen LogP contribution in [0, 0.1) is 0 Å². The monoisotopic (exact) mass is 498 g/mol. The van der Waals surface area contributed by atoms with Crippen LogP contribution in [0.25, 0.3) is 11.3 Å². The Hall–Kier alpha value is -3.32. The van der Waals surface area contributed by atoms with E-state index in [4.69, 9.17) is 39.5 Å². The van der Waals surface area contributed by atoms with Gasteiger partial charge in [-0.2, -0.15) is 10.2 Å². The third-order valence-corrected chi connectivity index (χ3v) is 5.56. The lowest BCUT2D eigenvalue weighted by Crippen LogP contribution is -2.18. The average molecular weight is 500 g/mol. The summed E-state index contributed by atoms with van der Waals surface area (Å²) in [6, 6.07) is 21.6. The Kier molecular flexibility index (Phi) is 7.29. The van der Waals surface area contributed by atoms with Gasteiger partial charge in [-0.25, -0.2) is 5.43 Å². The maximum Gasteiger partial charge on any atom is 0.289 e. The number of aromatic amines is 1. The molecule has 0 unspecified atom stereocenters. The first-order valence-corrected chi connectivity index (χ1v) is 10.9. The Morgan fingerprint density at radius 3 is 2.39 bits per heavy atom. The van der Waals surface area contributed by atoms with E-state index in [2.05, 4.69) is 20.7 Å². The molecule has 0 saturated carbocycles. The average Bonchev–Trinajstić information content (AvgIpc) is 3.31. The summed E-state index contributed by atoms with van der Waals surface area (Å²) in [6.45, 7) is 0.434. The molecule has 0 aliphatic carbocycles. The Labute approximate surface area is 205 Å². The molecule has 166 valence electrons. The number of aromatic nitrogens is 2. The van der Waals surface area contributed by atoms with Crippen LogP contribution in [0.5, 0.6) is 5.75 Å². The number of halogens is 3. The Bertz CT molecular complexity index is 1270. The van der Waals surface area contributed by atoms with Gasteiger partial charge in [0, 0.05) is 16.1 Å². The molecule has 9 heteroatoms. The lowest BCUT2D eigenvalue weighted by atomic mass is 10.1. The fraction of sp³-hybridized carbons (Fsp3) is 0.0417. The minimum Gasteiger partial charge on any atom is -0.489 e. The standard InChI is InChI=1S/C24H17Cl3N4O2/c25-17-8-4-15(5-9-17)14-33-18-10-6-16(7-11-18)22-12-23(30-29-22)24(32)31-28-13-19-20(26)2-1-3-21(19)27/h1-13H,14H2,(H,29,30)(H,31,32). The maximum atomic E-state index is 12.4. The Balaban J connectivity index is 1.35. The van der Waals surface area contributed by atoms with Gasteiger partial charge in [-0.05, 0) is 60.2 Å². The molecule has 0 atom stereocenters. The molecule has 33 heavy (non-hydrogen) atoms. The Morgan fingerprint density at radius 2 is 1.70 bits per heavy atom. The summed E-state index contributed by atoms with van der Waals surface area (Å²) >= 11 is 18.1. The molecular formula is C24H17Cl3N4O2. The van der Waals surface area contributed by atoms with Crippen molar-refractivity contribution in [3.8, 4) is 17.0 Å². The quantitative estimate of drug-likeness (QED) is 0.229. The zero-order chi connectivity index (χ0) is 23.2. The SMILES string of the molecule is O=C(NN=Cc1c(Cl)cccc1Cl)c1cc(-c2ccc(OCc3ccc(Cl)cc3)cc2)n[nH]1. The number of benzene rings is 3. The Morgan fingerprint density at radius 1 is 1.00 bits per heavy atom. The highest BCUT2D eigenvalue weighted by Crippen LogP contribution is 2.23. The summed E-state index contributed by atoms with van der Waals surface area (Å²) in [5.74, 6) is 0.269. The van der Waals surface area contributed by atoms with Crippen molar-refractivity contribution in [1.82, 2.24) is 15.6 Å². The number of hydrazone groups is 1. The first-order valence-electron chi connectivity index (χ1n) is 9.80. The van der Waals surface area contributed by atoms with Gasteiger partial charge < -0.3 is 4.74 Å². The van der Waals surface area contributed by atoms with E-state index in [0.717, 1.165) is 16.9 Å². The van der Waals surface area contributed by atoms with Crippen molar-refractivity contribution in [2.24, 2.45) is 5.10 Å². The van der Waals surface area contributed by atoms with Crippen LogP contribution in [0.2, 0.25) is 15.1 Å². The van der Waals surface area contributed by atoms with Crippen LogP contribution in [0.15, 0.2) is 77.9 Å². The highest BCUT2D eigenvalue weighted by molar-refractivity contribution is 6.38. The van der Waals surface area contributed by atoms with E-state index in [1.54, 1.807) is 24.3 Å². The molecule has 2 N–H and O–H groups in total. The second-order valence-corrected chi connectivity index (χ2v) is 8.19. The number of hydrogen-bond acceptors (Lipinski definition) is 4. The predicted octanol–water partition coefficient (Wildman–Crippen LogP) is 6.38. The van der Waals surface area contributed by atoms with Gasteiger partial charge in [0.05, 0.1) is 22.0 Å². The molecule has 1 amide bonds. The van der Waals surface area contributed by atoms with Crippen LogP contribution < -0.4 is 10.2 Å². The molecule has 0 bridgehead atoms. The van der Waals surface area contributed by atoms with Crippen molar-refractivity contribution in [3.05, 3.63) is 105 Å². The van der Waals surface area contributed by atoms with Crippen LogP contribution in [0.4, 0.5) is 0 Å². The molecule has 3 aromatic carbocycles. The molecule has 0 radical (unpaired) electrons. The number of nitrogens with zero attached hydrogens (tertiary/aromatic N) is 2.